The summed E-state index contributed by atoms with van der Waals surface area (Å²) in [5, 5.41) is 3.57. The lowest BCUT2D eigenvalue weighted by Gasteiger charge is -2.45. The highest BCUT2D eigenvalue weighted by Gasteiger charge is 2.41. The number of hydrogen-bond acceptors (Lipinski definition) is 2. The van der Waals surface area contributed by atoms with Crippen molar-refractivity contribution in [3.05, 3.63) is 71.5 Å². The van der Waals surface area contributed by atoms with E-state index in [2.05, 4.69) is 43.4 Å². The summed E-state index contributed by atoms with van der Waals surface area (Å²) < 4.78 is 19.3. The summed E-state index contributed by atoms with van der Waals surface area (Å²) in [6.45, 7) is 6.87. The minimum atomic E-state index is -0.174. The van der Waals surface area contributed by atoms with Gasteiger partial charge in [0.1, 0.15) is 5.82 Å². The van der Waals surface area contributed by atoms with E-state index in [-0.39, 0.29) is 16.8 Å². The summed E-state index contributed by atoms with van der Waals surface area (Å²) >= 11 is 0. The van der Waals surface area contributed by atoms with Gasteiger partial charge in [0, 0.05) is 18.6 Å². The van der Waals surface area contributed by atoms with Crippen molar-refractivity contribution in [1.29, 1.82) is 0 Å². The fourth-order valence-electron chi connectivity index (χ4n) is 4.04. The molecule has 2 aromatic carbocycles. The molecule has 1 saturated heterocycles. The van der Waals surface area contributed by atoms with E-state index in [1.807, 2.05) is 18.2 Å². The molecule has 1 fully saturated rings. The molecule has 0 radical (unpaired) electrons. The molecule has 0 unspecified atom stereocenters. The number of hydrogen-bond donors (Lipinski definition) is 1. The van der Waals surface area contributed by atoms with Gasteiger partial charge in [0.15, 0.2) is 0 Å². The van der Waals surface area contributed by atoms with E-state index >= 15 is 0 Å². The highest BCUT2D eigenvalue weighted by atomic mass is 19.1. The second-order valence-corrected chi connectivity index (χ2v) is 7.73. The number of nitrogens with one attached hydrogen (secondary N) is 1. The Morgan fingerprint density at radius 3 is 2.44 bits per heavy atom. The molecule has 0 spiro atoms. The van der Waals surface area contributed by atoms with Crippen LogP contribution in [-0.2, 0) is 16.7 Å². The molecular weight excluding hydrogens is 313 g/mol. The molecule has 0 aliphatic carbocycles. The average molecular weight is 341 g/mol. The van der Waals surface area contributed by atoms with Crippen molar-refractivity contribution < 1.29 is 9.13 Å². The normalized spacial score (nSPS) is 22.7. The Hall–Kier alpha value is -1.71. The Morgan fingerprint density at radius 2 is 1.76 bits per heavy atom. The van der Waals surface area contributed by atoms with E-state index < -0.39 is 0 Å². The molecule has 1 heterocycles. The molecule has 1 N–H and O–H groups in total. The zero-order chi connectivity index (χ0) is 17.8. The summed E-state index contributed by atoms with van der Waals surface area (Å²) in [5.41, 5.74) is 2.42. The van der Waals surface area contributed by atoms with Gasteiger partial charge in [-0.3, -0.25) is 0 Å². The Morgan fingerprint density at radius 1 is 1.04 bits per heavy atom. The zero-order valence-corrected chi connectivity index (χ0v) is 15.2. The molecule has 1 aliphatic heterocycles. The minimum absolute atomic E-state index is 0.0408. The minimum Gasteiger partial charge on any atom is -0.376 e. The van der Waals surface area contributed by atoms with Gasteiger partial charge in [-0.25, -0.2) is 4.39 Å². The number of ether oxygens (including phenoxy) is 1. The van der Waals surface area contributed by atoms with Gasteiger partial charge in [0.2, 0.25) is 0 Å². The largest absolute Gasteiger partial charge is 0.376 e. The fraction of sp³-hybridized carbons (Fsp3) is 0.455. The SMILES string of the molecule is CC1(C)C[C@@](CCNCc2ccccc2)(c2ccc(F)cc2)CCO1. The lowest BCUT2D eigenvalue weighted by molar-refractivity contribution is -0.0840. The van der Waals surface area contributed by atoms with Crippen LogP contribution in [0.2, 0.25) is 0 Å². The van der Waals surface area contributed by atoms with Crippen LogP contribution in [0, 0.1) is 5.82 Å². The maximum atomic E-state index is 13.4. The third-order valence-corrected chi connectivity index (χ3v) is 5.25. The molecule has 0 aromatic heterocycles. The van der Waals surface area contributed by atoms with Gasteiger partial charge in [-0.1, -0.05) is 42.5 Å². The third-order valence-electron chi connectivity index (χ3n) is 5.25. The monoisotopic (exact) mass is 341 g/mol. The lowest BCUT2D eigenvalue weighted by Crippen LogP contribution is -2.45. The summed E-state index contributed by atoms with van der Waals surface area (Å²) in [6.07, 6.45) is 2.96. The van der Waals surface area contributed by atoms with Gasteiger partial charge in [-0.15, -0.1) is 0 Å². The van der Waals surface area contributed by atoms with E-state index in [4.69, 9.17) is 4.74 Å². The topological polar surface area (TPSA) is 21.3 Å². The van der Waals surface area contributed by atoms with Crippen molar-refractivity contribution >= 4 is 0 Å². The van der Waals surface area contributed by atoms with Crippen molar-refractivity contribution in [3.8, 4) is 0 Å². The number of rotatable bonds is 6. The summed E-state index contributed by atoms with van der Waals surface area (Å²) in [4.78, 5) is 0. The van der Waals surface area contributed by atoms with Gasteiger partial charge in [0.25, 0.3) is 0 Å². The van der Waals surface area contributed by atoms with Gasteiger partial charge in [-0.05, 0) is 62.9 Å². The van der Waals surface area contributed by atoms with Crippen LogP contribution in [0.15, 0.2) is 54.6 Å². The van der Waals surface area contributed by atoms with E-state index in [1.54, 1.807) is 12.1 Å². The average Bonchev–Trinajstić information content (AvgIpc) is 2.59. The maximum Gasteiger partial charge on any atom is 0.123 e. The van der Waals surface area contributed by atoms with E-state index in [0.717, 1.165) is 39.0 Å². The predicted octanol–water partition coefficient (Wildman–Crippen LogP) is 4.83. The molecule has 3 heteroatoms. The van der Waals surface area contributed by atoms with Crippen LogP contribution >= 0.6 is 0 Å². The van der Waals surface area contributed by atoms with E-state index in [9.17, 15) is 4.39 Å². The molecule has 3 rings (SSSR count). The fourth-order valence-corrected chi connectivity index (χ4v) is 4.04. The van der Waals surface area contributed by atoms with Crippen molar-refractivity contribution in [2.45, 2.75) is 50.7 Å². The molecule has 0 bridgehead atoms. The van der Waals surface area contributed by atoms with Crippen LogP contribution in [0.4, 0.5) is 4.39 Å². The molecule has 2 nitrogen and oxygen atoms in total. The third kappa shape index (κ3) is 4.68. The highest BCUT2D eigenvalue weighted by Crippen LogP contribution is 2.43. The maximum absolute atomic E-state index is 13.4. The first-order valence-corrected chi connectivity index (χ1v) is 9.14. The van der Waals surface area contributed by atoms with Crippen molar-refractivity contribution in [2.75, 3.05) is 13.2 Å². The predicted molar refractivity (Wildman–Crippen MR) is 100 cm³/mol. The van der Waals surface area contributed by atoms with Crippen LogP contribution in [0.25, 0.3) is 0 Å². The Balaban J connectivity index is 1.69. The van der Waals surface area contributed by atoms with Gasteiger partial charge in [-0.2, -0.15) is 0 Å². The van der Waals surface area contributed by atoms with Crippen molar-refractivity contribution in [3.63, 3.8) is 0 Å². The van der Waals surface area contributed by atoms with Crippen LogP contribution in [0.1, 0.15) is 44.2 Å². The molecule has 1 atom stereocenters. The molecule has 1 aliphatic rings. The van der Waals surface area contributed by atoms with Crippen LogP contribution in [0.3, 0.4) is 0 Å². The van der Waals surface area contributed by atoms with Gasteiger partial charge in [0.05, 0.1) is 5.60 Å². The Bertz CT molecular complexity index is 668. The first-order valence-electron chi connectivity index (χ1n) is 9.14. The van der Waals surface area contributed by atoms with Gasteiger partial charge >= 0.3 is 0 Å². The second kappa shape index (κ2) is 7.67. The Labute approximate surface area is 150 Å². The molecule has 0 saturated carbocycles. The Kier molecular flexibility index (Phi) is 5.55. The zero-order valence-electron chi connectivity index (χ0n) is 15.2. The van der Waals surface area contributed by atoms with E-state index in [0.29, 0.717) is 0 Å². The van der Waals surface area contributed by atoms with E-state index in [1.165, 1.54) is 11.1 Å². The smallest absolute Gasteiger partial charge is 0.123 e. The second-order valence-electron chi connectivity index (χ2n) is 7.73. The van der Waals surface area contributed by atoms with Crippen molar-refractivity contribution in [2.24, 2.45) is 0 Å². The standard InChI is InChI=1S/C22H28FNO/c1-21(2)17-22(13-15-25-21,19-8-10-20(23)11-9-19)12-14-24-16-18-6-4-3-5-7-18/h3-11,24H,12-17H2,1-2H3/t22-/m0/s1. The summed E-state index contributed by atoms with van der Waals surface area (Å²) in [5.74, 6) is -0.174. The van der Waals surface area contributed by atoms with Crippen LogP contribution in [0.5, 0.6) is 0 Å². The first kappa shape index (κ1) is 18.1. The lowest BCUT2D eigenvalue weighted by atomic mass is 9.67. The first-order chi connectivity index (χ1) is 12.0. The van der Waals surface area contributed by atoms with Crippen LogP contribution in [-0.4, -0.2) is 18.8 Å². The molecule has 0 amide bonds. The van der Waals surface area contributed by atoms with Gasteiger partial charge < -0.3 is 10.1 Å². The summed E-state index contributed by atoms with van der Waals surface area (Å²) in [7, 11) is 0. The summed E-state index contributed by atoms with van der Waals surface area (Å²) in [6, 6.07) is 17.5. The highest BCUT2D eigenvalue weighted by molar-refractivity contribution is 5.27. The molecule has 25 heavy (non-hydrogen) atoms. The quantitative estimate of drug-likeness (QED) is 0.760. The number of halogens is 1. The number of benzene rings is 2. The molecule has 134 valence electrons. The molecular formula is C22H28FNO. The van der Waals surface area contributed by atoms with Crippen LogP contribution < -0.4 is 5.32 Å². The van der Waals surface area contributed by atoms with Crippen molar-refractivity contribution in [1.82, 2.24) is 5.32 Å². The molecule has 2 aromatic rings.